The summed E-state index contributed by atoms with van der Waals surface area (Å²) in [5.41, 5.74) is 0.155. The second-order valence-corrected chi connectivity index (χ2v) is 7.24. The summed E-state index contributed by atoms with van der Waals surface area (Å²) in [6.45, 7) is 0. The van der Waals surface area contributed by atoms with Crippen molar-refractivity contribution in [1.82, 2.24) is 9.78 Å². The Bertz CT molecular complexity index is 808. The van der Waals surface area contributed by atoms with Crippen LogP contribution < -0.4 is 4.72 Å². The maximum Gasteiger partial charge on any atom is 0.264 e. The minimum Gasteiger partial charge on any atom is -0.262 e. The van der Waals surface area contributed by atoms with Gasteiger partial charge in [0.05, 0.1) is 6.20 Å². The molecule has 1 N–H and O–H groups in total. The molecular weight excluding hydrogens is 412 g/mol. The van der Waals surface area contributed by atoms with E-state index in [0.29, 0.717) is 8.95 Å². The largest absolute Gasteiger partial charge is 0.264 e. The maximum atomic E-state index is 12.4. The van der Waals surface area contributed by atoms with E-state index in [0.717, 1.165) is 0 Å². The average Bonchev–Trinajstić information content (AvgIpc) is 2.73. The van der Waals surface area contributed by atoms with Gasteiger partial charge >= 0.3 is 0 Å². The van der Waals surface area contributed by atoms with Gasteiger partial charge in [-0.05, 0) is 34.1 Å². The monoisotopic (exact) mass is 418 g/mol. The number of halogens is 2. The van der Waals surface area contributed by atoms with Crippen LogP contribution >= 0.6 is 31.9 Å². The Kier molecular flexibility index (Phi) is 4.17. The summed E-state index contributed by atoms with van der Waals surface area (Å²) in [4.78, 5) is 0.0666. The van der Waals surface area contributed by atoms with Gasteiger partial charge in [-0.3, -0.25) is 9.40 Å². The second kappa shape index (κ2) is 5.55. The third-order valence-electron chi connectivity index (χ3n) is 2.47. The fraction of sp³-hybridized carbons (Fsp3) is 0.0909. The molecular formula is C11H8Br2N4O2S. The van der Waals surface area contributed by atoms with Crippen molar-refractivity contribution in [3.8, 4) is 6.07 Å². The SMILES string of the molecule is Cn1ncc(C#N)c1NS(=O)(=O)c1cc(Br)ccc1Br. The van der Waals surface area contributed by atoms with Crippen molar-refractivity contribution < 1.29 is 8.42 Å². The number of hydrogen-bond acceptors (Lipinski definition) is 4. The minimum atomic E-state index is -3.83. The fourth-order valence-corrected chi connectivity index (χ4v) is 4.12. The summed E-state index contributed by atoms with van der Waals surface area (Å²) in [6.07, 6.45) is 1.30. The van der Waals surface area contributed by atoms with Crippen molar-refractivity contribution >= 4 is 47.7 Å². The first kappa shape index (κ1) is 15.0. The molecule has 0 aliphatic heterocycles. The molecule has 2 aromatic rings. The van der Waals surface area contributed by atoms with Gasteiger partial charge in [0.25, 0.3) is 10.0 Å². The standard InChI is InChI=1S/C11H8Br2N4O2S/c1-17-11(7(5-14)6-15-17)16-20(18,19)10-4-8(12)2-3-9(10)13/h2-4,6,16H,1H3. The van der Waals surface area contributed by atoms with Crippen LogP contribution in [0.2, 0.25) is 0 Å². The zero-order chi connectivity index (χ0) is 14.9. The Morgan fingerprint density at radius 2 is 2.10 bits per heavy atom. The lowest BCUT2D eigenvalue weighted by Crippen LogP contribution is -2.16. The molecule has 0 aliphatic carbocycles. The molecule has 6 nitrogen and oxygen atoms in total. The highest BCUT2D eigenvalue weighted by Crippen LogP contribution is 2.28. The molecule has 0 radical (unpaired) electrons. The molecule has 104 valence electrons. The number of nitrogens with zero attached hydrogens (tertiary/aromatic N) is 3. The number of benzene rings is 1. The topological polar surface area (TPSA) is 87.8 Å². The third-order valence-corrected chi connectivity index (χ3v) is 5.30. The van der Waals surface area contributed by atoms with Gasteiger partial charge in [0.1, 0.15) is 16.5 Å². The van der Waals surface area contributed by atoms with Gasteiger partial charge in [-0.15, -0.1) is 0 Å². The maximum absolute atomic E-state index is 12.4. The zero-order valence-corrected chi connectivity index (χ0v) is 14.1. The first-order valence-corrected chi connectivity index (χ1v) is 8.32. The molecule has 0 saturated heterocycles. The molecule has 1 heterocycles. The first-order valence-electron chi connectivity index (χ1n) is 5.25. The van der Waals surface area contributed by atoms with Gasteiger partial charge in [0, 0.05) is 16.0 Å². The van der Waals surface area contributed by atoms with E-state index in [1.54, 1.807) is 19.2 Å². The number of nitriles is 1. The molecule has 0 unspecified atom stereocenters. The first-order chi connectivity index (χ1) is 9.35. The Hall–Kier alpha value is -1.37. The van der Waals surface area contributed by atoms with E-state index in [9.17, 15) is 8.42 Å². The minimum absolute atomic E-state index is 0.0666. The van der Waals surface area contributed by atoms with Gasteiger partial charge in [-0.25, -0.2) is 8.42 Å². The van der Waals surface area contributed by atoms with Crippen LogP contribution in [0.1, 0.15) is 5.56 Å². The van der Waals surface area contributed by atoms with Crippen LogP contribution in [0.15, 0.2) is 38.2 Å². The lowest BCUT2D eigenvalue weighted by atomic mass is 10.4. The number of rotatable bonds is 3. The predicted octanol–water partition coefficient (Wildman–Crippen LogP) is 2.62. The van der Waals surface area contributed by atoms with Crippen molar-refractivity contribution in [2.24, 2.45) is 7.05 Å². The van der Waals surface area contributed by atoms with Crippen LogP contribution in [0.25, 0.3) is 0 Å². The van der Waals surface area contributed by atoms with Crippen LogP contribution in [-0.2, 0) is 17.1 Å². The van der Waals surface area contributed by atoms with Crippen LogP contribution in [-0.4, -0.2) is 18.2 Å². The van der Waals surface area contributed by atoms with E-state index in [1.165, 1.54) is 16.9 Å². The van der Waals surface area contributed by atoms with Gasteiger partial charge in [0.15, 0.2) is 5.82 Å². The highest BCUT2D eigenvalue weighted by atomic mass is 79.9. The number of aromatic nitrogens is 2. The third kappa shape index (κ3) is 2.87. The number of anilines is 1. The Balaban J connectivity index is 2.49. The molecule has 0 atom stereocenters. The van der Waals surface area contributed by atoms with Crippen molar-refractivity contribution in [2.75, 3.05) is 4.72 Å². The van der Waals surface area contributed by atoms with Crippen molar-refractivity contribution in [2.45, 2.75) is 4.90 Å². The number of sulfonamides is 1. The van der Waals surface area contributed by atoms with E-state index >= 15 is 0 Å². The van der Waals surface area contributed by atoms with Crippen LogP contribution in [0.3, 0.4) is 0 Å². The lowest BCUT2D eigenvalue weighted by molar-refractivity contribution is 0.599. The summed E-state index contributed by atoms with van der Waals surface area (Å²) >= 11 is 6.42. The highest BCUT2D eigenvalue weighted by molar-refractivity contribution is 9.11. The van der Waals surface area contributed by atoms with Crippen LogP contribution in [0.5, 0.6) is 0 Å². The fourth-order valence-electron chi connectivity index (χ4n) is 1.51. The van der Waals surface area contributed by atoms with E-state index in [2.05, 4.69) is 41.7 Å². The molecule has 0 aliphatic rings. The Labute approximate surface area is 132 Å². The number of nitrogens with one attached hydrogen (secondary N) is 1. The molecule has 1 aromatic heterocycles. The van der Waals surface area contributed by atoms with Gasteiger partial charge in [0.2, 0.25) is 0 Å². The van der Waals surface area contributed by atoms with E-state index in [4.69, 9.17) is 5.26 Å². The molecule has 0 fully saturated rings. The quantitative estimate of drug-likeness (QED) is 0.828. The van der Waals surface area contributed by atoms with Crippen LogP contribution in [0.4, 0.5) is 5.82 Å². The van der Waals surface area contributed by atoms with Crippen molar-refractivity contribution in [3.63, 3.8) is 0 Å². The number of hydrogen-bond donors (Lipinski definition) is 1. The second-order valence-electron chi connectivity index (χ2n) is 3.82. The molecule has 0 bridgehead atoms. The Morgan fingerprint density at radius 1 is 1.40 bits per heavy atom. The predicted molar refractivity (Wildman–Crippen MR) is 80.6 cm³/mol. The summed E-state index contributed by atoms with van der Waals surface area (Å²) in [6, 6.07) is 6.69. The highest BCUT2D eigenvalue weighted by Gasteiger charge is 2.21. The molecule has 0 spiro atoms. The average molecular weight is 420 g/mol. The zero-order valence-electron chi connectivity index (χ0n) is 10.1. The van der Waals surface area contributed by atoms with Crippen molar-refractivity contribution in [3.05, 3.63) is 38.9 Å². The summed E-state index contributed by atoms with van der Waals surface area (Å²) in [5.74, 6) is 0.124. The van der Waals surface area contributed by atoms with E-state index in [1.807, 2.05) is 6.07 Å². The molecule has 0 amide bonds. The van der Waals surface area contributed by atoms with E-state index in [-0.39, 0.29) is 16.3 Å². The molecule has 0 saturated carbocycles. The summed E-state index contributed by atoms with van der Waals surface area (Å²) in [5, 5.41) is 12.8. The smallest absolute Gasteiger partial charge is 0.262 e. The lowest BCUT2D eigenvalue weighted by Gasteiger charge is -2.10. The normalized spacial score (nSPS) is 11.1. The van der Waals surface area contributed by atoms with Crippen molar-refractivity contribution in [1.29, 1.82) is 5.26 Å². The molecule has 20 heavy (non-hydrogen) atoms. The number of aryl methyl sites for hydroxylation is 1. The van der Waals surface area contributed by atoms with Gasteiger partial charge < -0.3 is 0 Å². The molecule has 9 heteroatoms. The molecule has 2 rings (SSSR count). The summed E-state index contributed by atoms with van der Waals surface area (Å²) in [7, 11) is -2.28. The molecule has 1 aromatic carbocycles. The summed E-state index contributed by atoms with van der Waals surface area (Å²) < 4.78 is 29.5. The van der Waals surface area contributed by atoms with Crippen LogP contribution in [0, 0.1) is 11.3 Å². The van der Waals surface area contributed by atoms with Gasteiger partial charge in [-0.1, -0.05) is 15.9 Å². The van der Waals surface area contributed by atoms with Gasteiger partial charge in [-0.2, -0.15) is 10.4 Å². The van der Waals surface area contributed by atoms with E-state index < -0.39 is 10.0 Å². The Morgan fingerprint density at radius 3 is 2.75 bits per heavy atom.